The van der Waals surface area contributed by atoms with Gasteiger partial charge < -0.3 is 10.6 Å². The van der Waals surface area contributed by atoms with Crippen molar-refractivity contribution in [1.29, 1.82) is 0 Å². The Morgan fingerprint density at radius 3 is 2.75 bits per heavy atom. The number of nitrogens with one attached hydrogen (secondary N) is 2. The van der Waals surface area contributed by atoms with Crippen LogP contribution in [0.4, 0.5) is 4.39 Å². The van der Waals surface area contributed by atoms with E-state index in [0.29, 0.717) is 18.0 Å². The molecule has 1 aromatic heterocycles. The van der Waals surface area contributed by atoms with Crippen molar-refractivity contribution in [2.45, 2.75) is 39.3 Å². The smallest absolute Gasteiger partial charge is 0.191 e. The molecular weight excluding hydrogens is 373 g/mol. The Morgan fingerprint density at radius 2 is 2.07 bits per heavy atom. The second-order valence-electron chi connectivity index (χ2n) is 7.20. The molecule has 2 N–H and O–H groups in total. The lowest BCUT2D eigenvalue weighted by molar-refractivity contribution is 0.176. The van der Waals surface area contributed by atoms with Crippen LogP contribution >= 0.6 is 11.3 Å². The van der Waals surface area contributed by atoms with Crippen LogP contribution in [0.25, 0.3) is 0 Å². The monoisotopic (exact) mass is 403 g/mol. The fourth-order valence-corrected chi connectivity index (χ4v) is 4.18. The largest absolute Gasteiger partial charge is 0.356 e. The number of hydrogen-bond donors (Lipinski definition) is 2. The van der Waals surface area contributed by atoms with Gasteiger partial charge in [-0.25, -0.2) is 9.37 Å². The van der Waals surface area contributed by atoms with Crippen LogP contribution in [0.15, 0.2) is 34.6 Å². The summed E-state index contributed by atoms with van der Waals surface area (Å²) >= 11 is 1.76. The van der Waals surface area contributed by atoms with Crippen molar-refractivity contribution in [2.75, 3.05) is 26.7 Å². The highest BCUT2D eigenvalue weighted by Crippen LogP contribution is 2.19. The van der Waals surface area contributed by atoms with E-state index >= 15 is 0 Å². The van der Waals surface area contributed by atoms with E-state index in [-0.39, 0.29) is 5.82 Å². The lowest BCUT2D eigenvalue weighted by atomic mass is 9.97. The van der Waals surface area contributed by atoms with Gasteiger partial charge in [0.25, 0.3) is 0 Å². The molecule has 0 amide bonds. The molecular formula is C21H30FN5S. The van der Waals surface area contributed by atoms with Crippen molar-refractivity contribution in [1.82, 2.24) is 20.5 Å². The van der Waals surface area contributed by atoms with Crippen molar-refractivity contribution < 1.29 is 4.39 Å². The highest BCUT2D eigenvalue weighted by Gasteiger charge is 2.20. The number of aliphatic imine (C=N–C) groups is 1. The lowest BCUT2D eigenvalue weighted by Gasteiger charge is -2.31. The first-order chi connectivity index (χ1) is 13.7. The lowest BCUT2D eigenvalue weighted by Crippen LogP contribution is -2.42. The Labute approximate surface area is 171 Å². The number of piperidine rings is 1. The Bertz CT molecular complexity index is 768. The third kappa shape index (κ3) is 6.01. The molecule has 28 heavy (non-hydrogen) atoms. The van der Waals surface area contributed by atoms with Crippen molar-refractivity contribution in [2.24, 2.45) is 10.9 Å². The molecule has 152 valence electrons. The maximum atomic E-state index is 13.7. The molecule has 7 heteroatoms. The molecule has 0 saturated carbocycles. The Balaban J connectivity index is 1.37. The van der Waals surface area contributed by atoms with Gasteiger partial charge in [0, 0.05) is 37.6 Å². The highest BCUT2D eigenvalue weighted by atomic mass is 32.1. The minimum Gasteiger partial charge on any atom is -0.356 e. The summed E-state index contributed by atoms with van der Waals surface area (Å²) in [5.41, 5.74) is 1.85. The van der Waals surface area contributed by atoms with Gasteiger partial charge >= 0.3 is 0 Å². The number of rotatable bonds is 7. The van der Waals surface area contributed by atoms with Crippen LogP contribution in [-0.2, 0) is 19.5 Å². The zero-order valence-electron chi connectivity index (χ0n) is 16.7. The number of guanidine groups is 1. The van der Waals surface area contributed by atoms with Gasteiger partial charge in [-0.1, -0.05) is 25.1 Å². The predicted molar refractivity (Wildman–Crippen MR) is 114 cm³/mol. The van der Waals surface area contributed by atoms with Crippen molar-refractivity contribution in [3.8, 4) is 0 Å². The number of halogens is 1. The standard InChI is InChI=1S/C21H30FN5S/c1-3-20-26-18(15-28-20)14-27-10-8-16(9-11-27)12-24-21(23-2)25-13-17-6-4-5-7-19(17)22/h4-7,15-16H,3,8-14H2,1-2H3,(H2,23,24,25). The third-order valence-electron chi connectivity index (χ3n) is 5.18. The van der Waals surface area contributed by atoms with Crippen molar-refractivity contribution >= 4 is 17.3 Å². The molecule has 2 aromatic rings. The summed E-state index contributed by atoms with van der Waals surface area (Å²) in [6.07, 6.45) is 3.36. The van der Waals surface area contributed by atoms with Gasteiger partial charge in [0.2, 0.25) is 0 Å². The maximum absolute atomic E-state index is 13.7. The summed E-state index contributed by atoms with van der Waals surface area (Å²) in [5, 5.41) is 10.0. The molecule has 2 heterocycles. The van der Waals surface area contributed by atoms with E-state index in [1.807, 2.05) is 6.07 Å². The van der Waals surface area contributed by atoms with E-state index in [0.717, 1.165) is 38.6 Å². The van der Waals surface area contributed by atoms with Crippen LogP contribution in [0, 0.1) is 11.7 Å². The molecule has 1 fully saturated rings. The molecule has 0 radical (unpaired) electrons. The van der Waals surface area contributed by atoms with Gasteiger partial charge in [-0.3, -0.25) is 9.89 Å². The van der Waals surface area contributed by atoms with Gasteiger partial charge in [-0.15, -0.1) is 11.3 Å². The zero-order valence-corrected chi connectivity index (χ0v) is 17.6. The summed E-state index contributed by atoms with van der Waals surface area (Å²) in [6.45, 7) is 6.64. The number of nitrogens with zero attached hydrogens (tertiary/aromatic N) is 3. The summed E-state index contributed by atoms with van der Waals surface area (Å²) in [4.78, 5) is 11.4. The molecule has 0 bridgehead atoms. The fourth-order valence-electron chi connectivity index (χ4n) is 3.44. The van der Waals surface area contributed by atoms with Gasteiger partial charge in [0.05, 0.1) is 10.7 Å². The SMILES string of the molecule is CCc1nc(CN2CCC(CNC(=NC)NCc3ccccc3F)CC2)cs1. The topological polar surface area (TPSA) is 52.6 Å². The molecule has 5 nitrogen and oxygen atoms in total. The van der Waals surface area contributed by atoms with Crippen LogP contribution in [0.1, 0.15) is 36.0 Å². The second kappa shape index (κ2) is 10.5. The van der Waals surface area contributed by atoms with Crippen molar-refractivity contribution in [3.63, 3.8) is 0 Å². The quantitative estimate of drug-likeness (QED) is 0.549. The number of benzene rings is 1. The van der Waals surface area contributed by atoms with Gasteiger partial charge in [0.15, 0.2) is 5.96 Å². The van der Waals surface area contributed by atoms with Crippen LogP contribution in [0.5, 0.6) is 0 Å². The van der Waals surface area contributed by atoms with E-state index in [2.05, 4.69) is 37.8 Å². The second-order valence-corrected chi connectivity index (χ2v) is 8.15. The number of thiazole rings is 1. The number of hydrogen-bond acceptors (Lipinski definition) is 4. The molecule has 1 aliphatic rings. The highest BCUT2D eigenvalue weighted by molar-refractivity contribution is 7.09. The average molecular weight is 404 g/mol. The maximum Gasteiger partial charge on any atom is 0.191 e. The number of aromatic nitrogens is 1. The van der Waals surface area contributed by atoms with E-state index in [4.69, 9.17) is 0 Å². The average Bonchev–Trinajstić information content (AvgIpc) is 3.18. The zero-order chi connectivity index (χ0) is 19.8. The van der Waals surface area contributed by atoms with Gasteiger partial charge in [0.1, 0.15) is 5.82 Å². The van der Waals surface area contributed by atoms with Crippen LogP contribution in [0.3, 0.4) is 0 Å². The summed E-state index contributed by atoms with van der Waals surface area (Å²) < 4.78 is 13.7. The minimum absolute atomic E-state index is 0.191. The first-order valence-electron chi connectivity index (χ1n) is 10.0. The van der Waals surface area contributed by atoms with Gasteiger partial charge in [-0.05, 0) is 44.3 Å². The Hall–Kier alpha value is -1.99. The van der Waals surface area contributed by atoms with Crippen LogP contribution in [-0.4, -0.2) is 42.5 Å². The van der Waals surface area contributed by atoms with E-state index in [1.54, 1.807) is 30.5 Å². The Kier molecular flexibility index (Phi) is 7.80. The molecule has 1 saturated heterocycles. The van der Waals surface area contributed by atoms with E-state index < -0.39 is 0 Å². The minimum atomic E-state index is -0.191. The third-order valence-corrected chi connectivity index (χ3v) is 6.22. The van der Waals surface area contributed by atoms with E-state index in [9.17, 15) is 4.39 Å². The molecule has 0 atom stereocenters. The predicted octanol–water partition coefficient (Wildman–Crippen LogP) is 3.42. The normalized spacial score (nSPS) is 16.3. The fraction of sp³-hybridized carbons (Fsp3) is 0.524. The Morgan fingerprint density at radius 1 is 1.29 bits per heavy atom. The summed E-state index contributed by atoms with van der Waals surface area (Å²) in [6, 6.07) is 6.82. The number of likely N-dealkylation sites (tertiary alicyclic amines) is 1. The summed E-state index contributed by atoms with van der Waals surface area (Å²) in [7, 11) is 1.75. The molecule has 0 aliphatic carbocycles. The van der Waals surface area contributed by atoms with Crippen LogP contribution < -0.4 is 10.6 Å². The number of aryl methyl sites for hydroxylation is 1. The van der Waals surface area contributed by atoms with E-state index in [1.165, 1.54) is 29.6 Å². The molecule has 0 unspecified atom stereocenters. The summed E-state index contributed by atoms with van der Waals surface area (Å²) in [5.74, 6) is 1.16. The van der Waals surface area contributed by atoms with Crippen LogP contribution in [0.2, 0.25) is 0 Å². The first kappa shape index (κ1) is 20.7. The first-order valence-corrected chi connectivity index (χ1v) is 10.9. The van der Waals surface area contributed by atoms with Gasteiger partial charge in [-0.2, -0.15) is 0 Å². The molecule has 1 aliphatic heterocycles. The molecule has 1 aromatic carbocycles. The molecule has 0 spiro atoms. The molecule has 3 rings (SSSR count). The van der Waals surface area contributed by atoms with Crippen molar-refractivity contribution in [3.05, 3.63) is 51.7 Å².